The normalized spacial score (nSPS) is 10.8. The Balaban J connectivity index is 1.71. The Kier molecular flexibility index (Phi) is 7.26. The summed E-state index contributed by atoms with van der Waals surface area (Å²) in [6, 6.07) is 34.6. The van der Waals surface area contributed by atoms with Crippen LogP contribution in [0.4, 0.5) is 17.1 Å². The molecule has 5 aromatic rings. The van der Waals surface area contributed by atoms with Crippen molar-refractivity contribution in [3.05, 3.63) is 108 Å². The van der Waals surface area contributed by atoms with Gasteiger partial charge in [-0.3, -0.25) is 0 Å². The van der Waals surface area contributed by atoms with Gasteiger partial charge in [-0.25, -0.2) is 0 Å². The highest BCUT2D eigenvalue weighted by Crippen LogP contribution is 2.36. The van der Waals surface area contributed by atoms with Crippen molar-refractivity contribution in [1.29, 1.82) is 0 Å². The molecule has 0 atom stereocenters. The minimum atomic E-state index is 0.181. The third-order valence-electron chi connectivity index (χ3n) is 6.39. The average Bonchev–Trinajstić information content (AvgIpc) is 2.94. The fraction of sp³-hybridized carbons (Fsp3) is 0. The number of halogens is 1. The summed E-state index contributed by atoms with van der Waals surface area (Å²) in [4.78, 5) is 1.97. The first-order valence-corrected chi connectivity index (χ1v) is 12.5. The second-order valence-electron chi connectivity index (χ2n) is 8.73. The molecule has 0 unspecified atom stereocenters. The third-order valence-corrected chi connectivity index (χ3v) is 6.88. The Morgan fingerprint density at radius 1 is 0.432 bits per heavy atom. The smallest absolute Gasteiger partial charge is 0.115 e. The highest BCUT2D eigenvalue weighted by Gasteiger charge is 2.20. The lowest BCUT2D eigenvalue weighted by molar-refractivity contribution is 1.31. The van der Waals surface area contributed by atoms with Gasteiger partial charge in [0.15, 0.2) is 0 Å². The standard InChI is InChI=1S/C30H17B5BrN/c31-25-26(32)28(34)30(29(35)27(25)33)37(23-14-12-19(13-15-23)18-6-2-1-3-7-18)24-11-5-9-21(17-24)20-8-4-10-22(36)16-20/h1-17H. The monoisotopic (exact) mass is 525 g/mol. The third kappa shape index (κ3) is 4.98. The Morgan fingerprint density at radius 3 is 1.57 bits per heavy atom. The van der Waals surface area contributed by atoms with Gasteiger partial charge in [0.1, 0.15) is 39.2 Å². The number of rotatable bonds is 5. The lowest BCUT2D eigenvalue weighted by Gasteiger charge is -2.33. The Morgan fingerprint density at radius 2 is 0.946 bits per heavy atom. The number of nitrogens with zero attached hydrogens (tertiary/aromatic N) is 1. The van der Waals surface area contributed by atoms with Crippen LogP contribution in [0.15, 0.2) is 108 Å². The molecule has 0 N–H and O–H groups in total. The Bertz CT molecular complexity index is 1560. The summed E-state index contributed by atoms with van der Waals surface area (Å²) in [7, 11) is 31.7. The fourth-order valence-corrected chi connectivity index (χ4v) is 4.81. The highest BCUT2D eigenvalue weighted by molar-refractivity contribution is 9.10. The lowest BCUT2D eigenvalue weighted by Crippen LogP contribution is -2.56. The molecule has 5 aromatic carbocycles. The van der Waals surface area contributed by atoms with E-state index in [4.69, 9.17) is 39.2 Å². The largest absolute Gasteiger partial charge is 0.312 e. The lowest BCUT2D eigenvalue weighted by atomic mass is 9.61. The van der Waals surface area contributed by atoms with Gasteiger partial charge in [-0.05, 0) is 58.7 Å². The predicted molar refractivity (Wildman–Crippen MR) is 167 cm³/mol. The number of benzene rings is 5. The van der Waals surface area contributed by atoms with Gasteiger partial charge >= 0.3 is 0 Å². The Labute approximate surface area is 233 Å². The summed E-state index contributed by atoms with van der Waals surface area (Å²) in [6.45, 7) is 0. The molecule has 0 amide bonds. The molecule has 0 heterocycles. The summed E-state index contributed by atoms with van der Waals surface area (Å²) >= 11 is 3.56. The van der Waals surface area contributed by atoms with Crippen molar-refractivity contribution in [2.24, 2.45) is 0 Å². The van der Waals surface area contributed by atoms with E-state index in [-0.39, 0.29) is 27.3 Å². The van der Waals surface area contributed by atoms with Crippen LogP contribution in [0.25, 0.3) is 22.3 Å². The van der Waals surface area contributed by atoms with Crippen LogP contribution in [-0.2, 0) is 0 Å². The number of anilines is 3. The van der Waals surface area contributed by atoms with Crippen LogP contribution < -0.4 is 32.2 Å². The molecular formula is C30H17B5BrN. The van der Waals surface area contributed by atoms with Crippen molar-refractivity contribution in [3.8, 4) is 22.3 Å². The molecule has 37 heavy (non-hydrogen) atoms. The zero-order chi connectivity index (χ0) is 26.1. The topological polar surface area (TPSA) is 3.24 Å². The first kappa shape index (κ1) is 25.4. The highest BCUT2D eigenvalue weighted by atomic mass is 79.9. The van der Waals surface area contributed by atoms with E-state index < -0.39 is 0 Å². The van der Waals surface area contributed by atoms with E-state index in [9.17, 15) is 0 Å². The van der Waals surface area contributed by atoms with E-state index in [0.29, 0.717) is 5.69 Å². The minimum Gasteiger partial charge on any atom is -0.312 e. The molecule has 0 saturated heterocycles. The first-order chi connectivity index (χ1) is 17.8. The molecule has 0 aliphatic heterocycles. The summed E-state index contributed by atoms with van der Waals surface area (Å²) in [5.74, 6) is 0. The maximum absolute atomic E-state index is 6.53. The van der Waals surface area contributed by atoms with Gasteiger partial charge in [0.2, 0.25) is 0 Å². The van der Waals surface area contributed by atoms with Crippen molar-refractivity contribution in [3.63, 3.8) is 0 Å². The van der Waals surface area contributed by atoms with Gasteiger partial charge in [0.25, 0.3) is 0 Å². The second-order valence-corrected chi connectivity index (χ2v) is 9.64. The SMILES string of the molecule is [B]c1c([B])c([B])c(N(c2ccc(-c3ccccc3)cc2)c2cccc(-c3cccc(Br)c3)c2)c([B])c1[B]. The van der Waals surface area contributed by atoms with Crippen LogP contribution in [0.3, 0.4) is 0 Å². The molecule has 0 aromatic heterocycles. The molecule has 0 aliphatic carbocycles. The first-order valence-electron chi connectivity index (χ1n) is 11.7. The van der Waals surface area contributed by atoms with Crippen molar-refractivity contribution < 1.29 is 0 Å². The van der Waals surface area contributed by atoms with Gasteiger partial charge in [-0.1, -0.05) is 93.6 Å². The maximum atomic E-state index is 6.53. The van der Waals surface area contributed by atoms with Gasteiger partial charge < -0.3 is 4.90 Å². The zero-order valence-electron chi connectivity index (χ0n) is 20.0. The minimum absolute atomic E-state index is 0.181. The molecule has 5 rings (SSSR count). The van der Waals surface area contributed by atoms with Gasteiger partial charge in [0.05, 0.1) is 0 Å². The summed E-state index contributed by atoms with van der Waals surface area (Å²) in [5, 5.41) is 0. The quantitative estimate of drug-likeness (QED) is 0.319. The molecule has 0 saturated carbocycles. The molecule has 0 spiro atoms. The molecule has 0 aliphatic rings. The van der Waals surface area contributed by atoms with Gasteiger partial charge in [-0.2, -0.15) is 0 Å². The maximum Gasteiger partial charge on any atom is 0.115 e. The Hall–Kier alpha value is -3.30. The van der Waals surface area contributed by atoms with Crippen molar-refractivity contribution in [2.75, 3.05) is 4.90 Å². The van der Waals surface area contributed by atoms with Gasteiger partial charge in [-0.15, -0.1) is 16.4 Å². The van der Waals surface area contributed by atoms with E-state index in [0.717, 1.165) is 38.1 Å². The molecular weight excluding hydrogens is 508 g/mol. The summed E-state index contributed by atoms with van der Waals surface area (Å²) in [5.41, 5.74) is 7.59. The van der Waals surface area contributed by atoms with Crippen LogP contribution in [-0.4, -0.2) is 39.2 Å². The van der Waals surface area contributed by atoms with Crippen molar-refractivity contribution >= 4 is 99.5 Å². The molecule has 0 bridgehead atoms. The fourth-order valence-electron chi connectivity index (χ4n) is 4.41. The molecule has 10 radical (unpaired) electrons. The van der Waals surface area contributed by atoms with Crippen LogP contribution in [0, 0.1) is 0 Å². The van der Waals surface area contributed by atoms with E-state index in [1.165, 1.54) is 0 Å². The molecule has 1 nitrogen and oxygen atoms in total. The van der Waals surface area contributed by atoms with Crippen molar-refractivity contribution in [2.45, 2.75) is 0 Å². The van der Waals surface area contributed by atoms with Crippen LogP contribution >= 0.6 is 15.9 Å². The average molecular weight is 525 g/mol. The zero-order valence-corrected chi connectivity index (χ0v) is 21.6. The molecule has 7 heteroatoms. The molecule has 164 valence electrons. The van der Waals surface area contributed by atoms with Gasteiger partial charge in [0, 0.05) is 21.5 Å². The number of hydrogen-bond acceptors (Lipinski definition) is 1. The van der Waals surface area contributed by atoms with Crippen molar-refractivity contribution in [1.82, 2.24) is 0 Å². The summed E-state index contributed by atoms with van der Waals surface area (Å²) < 4.78 is 0.997. The molecule has 0 fully saturated rings. The van der Waals surface area contributed by atoms with E-state index >= 15 is 0 Å². The van der Waals surface area contributed by atoms with E-state index in [1.807, 2.05) is 59.5 Å². The number of hydrogen-bond donors (Lipinski definition) is 0. The van der Waals surface area contributed by atoms with Crippen LogP contribution in [0.1, 0.15) is 0 Å². The van der Waals surface area contributed by atoms with Crippen LogP contribution in [0.5, 0.6) is 0 Å². The van der Waals surface area contributed by atoms with E-state index in [1.54, 1.807) is 0 Å². The van der Waals surface area contributed by atoms with Crippen LogP contribution in [0.2, 0.25) is 0 Å². The summed E-state index contributed by atoms with van der Waals surface area (Å²) in [6.07, 6.45) is 0. The second kappa shape index (κ2) is 10.6. The van der Waals surface area contributed by atoms with E-state index in [2.05, 4.69) is 64.5 Å². The predicted octanol–water partition coefficient (Wildman–Crippen LogP) is 3.22.